The molecular weight excluding hydrogens is 238 g/mol. The van der Waals surface area contributed by atoms with Gasteiger partial charge in [0.15, 0.2) is 0 Å². The summed E-state index contributed by atoms with van der Waals surface area (Å²) in [5.41, 5.74) is 1.56. The van der Waals surface area contributed by atoms with Crippen molar-refractivity contribution in [1.29, 1.82) is 0 Å². The molecule has 1 aromatic rings. The van der Waals surface area contributed by atoms with E-state index in [9.17, 15) is 4.79 Å². The molecule has 1 fully saturated rings. The molecule has 0 aliphatic heterocycles. The van der Waals surface area contributed by atoms with Crippen LogP contribution in [0.4, 0.5) is 5.82 Å². The highest BCUT2D eigenvalue weighted by atomic mass is 16.1. The minimum atomic E-state index is 0.00368. The van der Waals surface area contributed by atoms with E-state index in [1.807, 2.05) is 26.0 Å². The van der Waals surface area contributed by atoms with Crippen LogP contribution in [0.5, 0.6) is 0 Å². The highest BCUT2D eigenvalue weighted by Crippen LogP contribution is 2.28. The van der Waals surface area contributed by atoms with Crippen molar-refractivity contribution in [3.05, 3.63) is 23.4 Å². The van der Waals surface area contributed by atoms with Gasteiger partial charge in [-0.1, -0.05) is 19.3 Å². The third-order valence-corrected chi connectivity index (χ3v) is 3.64. The van der Waals surface area contributed by atoms with Gasteiger partial charge in [0.25, 0.3) is 5.91 Å². The maximum atomic E-state index is 12.1. The third kappa shape index (κ3) is 3.94. The van der Waals surface area contributed by atoms with E-state index < -0.39 is 0 Å². The van der Waals surface area contributed by atoms with Crippen molar-refractivity contribution in [3.63, 3.8) is 0 Å². The maximum Gasteiger partial charge on any atom is 0.251 e. The zero-order valence-electron chi connectivity index (χ0n) is 11.8. The summed E-state index contributed by atoms with van der Waals surface area (Å²) < 4.78 is 0. The number of carbonyl (C=O) groups is 1. The number of rotatable bonds is 6. The van der Waals surface area contributed by atoms with Crippen molar-refractivity contribution in [2.75, 3.05) is 18.4 Å². The molecule has 1 aliphatic carbocycles. The molecule has 0 saturated heterocycles. The van der Waals surface area contributed by atoms with Crippen LogP contribution >= 0.6 is 0 Å². The van der Waals surface area contributed by atoms with Crippen molar-refractivity contribution in [2.45, 2.75) is 39.5 Å². The van der Waals surface area contributed by atoms with Gasteiger partial charge >= 0.3 is 0 Å². The van der Waals surface area contributed by atoms with Crippen molar-refractivity contribution in [2.24, 2.45) is 5.92 Å². The Morgan fingerprint density at radius 1 is 1.42 bits per heavy atom. The number of aromatic nitrogens is 1. The quantitative estimate of drug-likeness (QED) is 0.828. The Morgan fingerprint density at radius 3 is 2.84 bits per heavy atom. The lowest BCUT2D eigenvalue weighted by Gasteiger charge is -2.25. The lowest BCUT2D eigenvalue weighted by Crippen LogP contribution is -2.27. The molecule has 0 bridgehead atoms. The molecule has 4 nitrogen and oxygen atoms in total. The summed E-state index contributed by atoms with van der Waals surface area (Å²) >= 11 is 0. The van der Waals surface area contributed by atoms with E-state index in [1.54, 1.807) is 0 Å². The van der Waals surface area contributed by atoms with E-state index in [4.69, 9.17) is 0 Å². The molecule has 1 amide bonds. The van der Waals surface area contributed by atoms with E-state index in [0.717, 1.165) is 36.9 Å². The molecule has 0 atom stereocenters. The molecule has 2 rings (SSSR count). The molecule has 1 saturated carbocycles. The zero-order valence-corrected chi connectivity index (χ0v) is 11.8. The highest BCUT2D eigenvalue weighted by molar-refractivity contribution is 5.94. The van der Waals surface area contributed by atoms with Gasteiger partial charge in [0.1, 0.15) is 5.82 Å². The van der Waals surface area contributed by atoms with Crippen LogP contribution in [0.1, 0.15) is 48.7 Å². The number of aryl methyl sites for hydroxylation is 1. The van der Waals surface area contributed by atoms with Crippen LogP contribution in [-0.2, 0) is 0 Å². The van der Waals surface area contributed by atoms with Gasteiger partial charge < -0.3 is 10.6 Å². The Bertz CT molecular complexity index is 441. The van der Waals surface area contributed by atoms with Crippen LogP contribution in [0.15, 0.2) is 12.1 Å². The number of nitrogens with zero attached hydrogens (tertiary/aromatic N) is 1. The van der Waals surface area contributed by atoms with Gasteiger partial charge in [-0.2, -0.15) is 0 Å². The first-order valence-corrected chi connectivity index (χ1v) is 7.19. The van der Waals surface area contributed by atoms with E-state index in [-0.39, 0.29) is 5.91 Å². The molecule has 1 aliphatic rings. The van der Waals surface area contributed by atoms with Gasteiger partial charge in [-0.05, 0) is 38.3 Å². The van der Waals surface area contributed by atoms with E-state index >= 15 is 0 Å². The summed E-state index contributed by atoms with van der Waals surface area (Å²) in [5, 5.41) is 6.15. The Hall–Kier alpha value is -1.58. The Kier molecular flexibility index (Phi) is 4.77. The van der Waals surface area contributed by atoms with Gasteiger partial charge in [-0.15, -0.1) is 0 Å². The first kappa shape index (κ1) is 13.8. The Morgan fingerprint density at radius 2 is 2.21 bits per heavy atom. The summed E-state index contributed by atoms with van der Waals surface area (Å²) in [6, 6.07) is 3.65. The predicted molar refractivity (Wildman–Crippen MR) is 77.4 cm³/mol. The first-order chi connectivity index (χ1) is 9.19. The summed E-state index contributed by atoms with van der Waals surface area (Å²) in [4.78, 5) is 16.4. The second kappa shape index (κ2) is 6.55. The van der Waals surface area contributed by atoms with Gasteiger partial charge in [0.05, 0.1) is 0 Å². The predicted octanol–water partition coefficient (Wildman–Crippen LogP) is 2.74. The normalized spacial score (nSPS) is 14.8. The minimum Gasteiger partial charge on any atom is -0.370 e. The number of pyridine rings is 1. The van der Waals surface area contributed by atoms with Gasteiger partial charge in [0, 0.05) is 24.3 Å². The molecule has 4 heteroatoms. The highest BCUT2D eigenvalue weighted by Gasteiger charge is 2.17. The smallest absolute Gasteiger partial charge is 0.251 e. The SMILES string of the molecule is CCNc1cc(C(=O)NCCC2CCC2)cc(C)n1. The van der Waals surface area contributed by atoms with Gasteiger partial charge in [-0.3, -0.25) is 4.79 Å². The Balaban J connectivity index is 1.89. The number of amides is 1. The topological polar surface area (TPSA) is 54.0 Å². The molecule has 1 aromatic heterocycles. The largest absolute Gasteiger partial charge is 0.370 e. The molecule has 0 unspecified atom stereocenters. The van der Waals surface area contributed by atoms with Crippen LogP contribution in [0.2, 0.25) is 0 Å². The van der Waals surface area contributed by atoms with Crippen LogP contribution in [0.25, 0.3) is 0 Å². The molecule has 19 heavy (non-hydrogen) atoms. The van der Waals surface area contributed by atoms with Crippen molar-refractivity contribution in [1.82, 2.24) is 10.3 Å². The summed E-state index contributed by atoms with van der Waals surface area (Å²) in [6.45, 7) is 5.51. The first-order valence-electron chi connectivity index (χ1n) is 7.19. The number of hydrogen-bond donors (Lipinski definition) is 2. The van der Waals surface area contributed by atoms with E-state index in [0.29, 0.717) is 5.56 Å². The molecule has 0 spiro atoms. The fraction of sp³-hybridized carbons (Fsp3) is 0.600. The monoisotopic (exact) mass is 261 g/mol. The standard InChI is InChI=1S/C15H23N3O/c1-3-16-14-10-13(9-11(2)18-14)15(19)17-8-7-12-5-4-6-12/h9-10,12H,3-8H2,1-2H3,(H,16,18)(H,17,19). The number of nitrogens with one attached hydrogen (secondary N) is 2. The van der Waals surface area contributed by atoms with Crippen molar-refractivity contribution < 1.29 is 4.79 Å². The maximum absolute atomic E-state index is 12.1. The van der Waals surface area contributed by atoms with Gasteiger partial charge in [-0.25, -0.2) is 4.98 Å². The van der Waals surface area contributed by atoms with Gasteiger partial charge in [0.2, 0.25) is 0 Å². The van der Waals surface area contributed by atoms with Crippen LogP contribution in [0.3, 0.4) is 0 Å². The third-order valence-electron chi connectivity index (χ3n) is 3.64. The molecule has 1 heterocycles. The van der Waals surface area contributed by atoms with Crippen molar-refractivity contribution >= 4 is 11.7 Å². The zero-order chi connectivity index (χ0) is 13.7. The molecule has 0 aromatic carbocycles. The molecule has 2 N–H and O–H groups in total. The fourth-order valence-electron chi connectivity index (χ4n) is 2.34. The number of carbonyl (C=O) groups excluding carboxylic acids is 1. The summed E-state index contributed by atoms with van der Waals surface area (Å²) in [6.07, 6.45) is 5.12. The Labute approximate surface area is 115 Å². The minimum absolute atomic E-state index is 0.00368. The van der Waals surface area contributed by atoms with Crippen LogP contribution in [0, 0.1) is 12.8 Å². The second-order valence-corrected chi connectivity index (χ2v) is 5.25. The lowest BCUT2D eigenvalue weighted by molar-refractivity contribution is 0.0949. The van der Waals surface area contributed by atoms with Crippen LogP contribution < -0.4 is 10.6 Å². The fourth-order valence-corrected chi connectivity index (χ4v) is 2.34. The van der Waals surface area contributed by atoms with E-state index in [2.05, 4.69) is 15.6 Å². The molecule has 0 radical (unpaired) electrons. The number of hydrogen-bond acceptors (Lipinski definition) is 3. The average Bonchev–Trinajstić information content (AvgIpc) is 2.31. The lowest BCUT2D eigenvalue weighted by atomic mass is 9.83. The van der Waals surface area contributed by atoms with Crippen molar-refractivity contribution in [3.8, 4) is 0 Å². The molecule has 104 valence electrons. The van der Waals surface area contributed by atoms with Crippen LogP contribution in [-0.4, -0.2) is 24.0 Å². The average molecular weight is 261 g/mol. The number of anilines is 1. The molecular formula is C15H23N3O. The second-order valence-electron chi connectivity index (χ2n) is 5.25. The summed E-state index contributed by atoms with van der Waals surface area (Å²) in [7, 11) is 0. The summed E-state index contributed by atoms with van der Waals surface area (Å²) in [5.74, 6) is 1.60. The van der Waals surface area contributed by atoms with E-state index in [1.165, 1.54) is 19.3 Å².